The number of thioether (sulfide) groups is 1. The second-order valence-corrected chi connectivity index (χ2v) is 6.78. The Balaban J connectivity index is 1.87. The summed E-state index contributed by atoms with van der Waals surface area (Å²) in [5.41, 5.74) is 0.942. The standard InChI is InChI=1S/C18H20N2O2S/c21-18(19-12-6-2-7-13-19)17(15-9-3-1-4-10-15)23-16-11-5-8-14-20(16)22/h1,3-5,8-11,14,17H,2,6-7,12-13H2/t17-/m1/s1. The highest BCUT2D eigenvalue weighted by Gasteiger charge is 2.29. The molecule has 3 rings (SSSR count). The Kier molecular flexibility index (Phi) is 5.18. The lowest BCUT2D eigenvalue weighted by Gasteiger charge is -2.30. The summed E-state index contributed by atoms with van der Waals surface area (Å²) in [4.78, 5) is 14.9. The predicted molar refractivity (Wildman–Crippen MR) is 90.9 cm³/mol. The molecular formula is C18H20N2O2S. The fourth-order valence-electron chi connectivity index (χ4n) is 2.79. The fraction of sp³-hybridized carbons (Fsp3) is 0.333. The van der Waals surface area contributed by atoms with Crippen LogP contribution in [-0.2, 0) is 4.79 Å². The van der Waals surface area contributed by atoms with Crippen LogP contribution in [0.25, 0.3) is 0 Å². The van der Waals surface area contributed by atoms with Crippen LogP contribution >= 0.6 is 11.8 Å². The fourth-order valence-corrected chi connectivity index (χ4v) is 3.90. The van der Waals surface area contributed by atoms with Gasteiger partial charge in [-0.3, -0.25) is 4.79 Å². The molecule has 0 saturated carbocycles. The van der Waals surface area contributed by atoms with Crippen LogP contribution in [0.15, 0.2) is 59.8 Å². The summed E-state index contributed by atoms with van der Waals surface area (Å²) < 4.78 is 0.824. The molecule has 23 heavy (non-hydrogen) atoms. The highest BCUT2D eigenvalue weighted by molar-refractivity contribution is 8.00. The number of pyridine rings is 1. The molecule has 0 spiro atoms. The van der Waals surface area contributed by atoms with E-state index in [-0.39, 0.29) is 11.2 Å². The van der Waals surface area contributed by atoms with E-state index in [4.69, 9.17) is 0 Å². The normalized spacial score (nSPS) is 16.1. The Morgan fingerprint density at radius 2 is 1.74 bits per heavy atom. The molecule has 0 N–H and O–H groups in total. The Morgan fingerprint density at radius 3 is 2.43 bits per heavy atom. The van der Waals surface area contributed by atoms with Crippen LogP contribution in [0.1, 0.15) is 30.1 Å². The Morgan fingerprint density at radius 1 is 1.04 bits per heavy atom. The number of carbonyl (C=O) groups is 1. The van der Waals surface area contributed by atoms with E-state index in [1.165, 1.54) is 24.4 Å². The second kappa shape index (κ2) is 7.51. The third-order valence-corrected chi connectivity index (χ3v) is 5.29. The lowest BCUT2D eigenvalue weighted by Crippen LogP contribution is -2.38. The van der Waals surface area contributed by atoms with Gasteiger partial charge in [0.25, 0.3) is 5.03 Å². The first kappa shape index (κ1) is 15.9. The number of rotatable bonds is 4. The zero-order chi connectivity index (χ0) is 16.1. The van der Waals surface area contributed by atoms with Gasteiger partial charge < -0.3 is 10.1 Å². The lowest BCUT2D eigenvalue weighted by atomic mass is 10.1. The maximum absolute atomic E-state index is 13.0. The summed E-state index contributed by atoms with van der Waals surface area (Å²) in [6.07, 6.45) is 4.78. The van der Waals surface area contributed by atoms with Gasteiger partial charge in [0.1, 0.15) is 5.25 Å². The van der Waals surface area contributed by atoms with Crippen LogP contribution in [0.5, 0.6) is 0 Å². The number of carbonyl (C=O) groups excluding carboxylic acids is 1. The van der Waals surface area contributed by atoms with E-state index in [2.05, 4.69) is 0 Å². The SMILES string of the molecule is O=C([C@H](Sc1cccc[n+]1[O-])c1ccccc1)N1CCCCC1. The lowest BCUT2D eigenvalue weighted by molar-refractivity contribution is -0.645. The molecule has 2 heterocycles. The van der Waals surface area contributed by atoms with Gasteiger partial charge in [0.05, 0.1) is 0 Å². The van der Waals surface area contributed by atoms with Gasteiger partial charge in [0, 0.05) is 25.2 Å². The van der Waals surface area contributed by atoms with Crippen LogP contribution < -0.4 is 4.73 Å². The molecule has 1 aromatic carbocycles. The summed E-state index contributed by atoms with van der Waals surface area (Å²) in [5.74, 6) is 0.102. The quantitative estimate of drug-likeness (QED) is 0.492. The third kappa shape index (κ3) is 3.85. The minimum atomic E-state index is -0.378. The maximum Gasteiger partial charge on any atom is 0.252 e. The number of likely N-dealkylation sites (tertiary alicyclic amines) is 1. The molecule has 1 fully saturated rings. The number of amides is 1. The van der Waals surface area contributed by atoms with E-state index in [9.17, 15) is 10.0 Å². The van der Waals surface area contributed by atoms with Crippen LogP contribution in [0, 0.1) is 5.21 Å². The van der Waals surface area contributed by atoms with E-state index < -0.39 is 0 Å². The van der Waals surface area contributed by atoms with Crippen molar-refractivity contribution < 1.29 is 9.52 Å². The van der Waals surface area contributed by atoms with Crippen molar-refractivity contribution in [2.45, 2.75) is 29.5 Å². The molecule has 120 valence electrons. The topological polar surface area (TPSA) is 47.2 Å². The van der Waals surface area contributed by atoms with Crippen molar-refractivity contribution in [3.8, 4) is 0 Å². The number of benzene rings is 1. The van der Waals surface area contributed by atoms with Gasteiger partial charge >= 0.3 is 0 Å². The summed E-state index contributed by atoms with van der Waals surface area (Å²) in [6, 6.07) is 15.0. The zero-order valence-electron chi connectivity index (χ0n) is 12.9. The van der Waals surface area contributed by atoms with Gasteiger partial charge in [-0.15, -0.1) is 0 Å². The van der Waals surface area contributed by atoms with Crippen LogP contribution in [-0.4, -0.2) is 23.9 Å². The second-order valence-electron chi connectivity index (χ2n) is 5.66. The van der Waals surface area contributed by atoms with Crippen molar-refractivity contribution in [2.75, 3.05) is 13.1 Å². The van der Waals surface area contributed by atoms with Gasteiger partial charge in [-0.1, -0.05) is 30.3 Å². The van der Waals surface area contributed by atoms with Crippen molar-refractivity contribution in [3.63, 3.8) is 0 Å². The molecule has 1 aromatic heterocycles. The van der Waals surface area contributed by atoms with Crippen LogP contribution in [0.4, 0.5) is 0 Å². The molecule has 4 nitrogen and oxygen atoms in total. The average Bonchev–Trinajstić information content (AvgIpc) is 2.62. The number of piperidine rings is 1. The van der Waals surface area contributed by atoms with E-state index in [1.807, 2.05) is 41.3 Å². The molecule has 0 aliphatic carbocycles. The molecular weight excluding hydrogens is 308 g/mol. The highest BCUT2D eigenvalue weighted by atomic mass is 32.2. The van der Waals surface area contributed by atoms with Crippen molar-refractivity contribution >= 4 is 17.7 Å². The number of hydrogen-bond acceptors (Lipinski definition) is 3. The first-order valence-corrected chi connectivity index (χ1v) is 8.82. The van der Waals surface area contributed by atoms with Crippen LogP contribution in [0.3, 0.4) is 0 Å². The van der Waals surface area contributed by atoms with Crippen LogP contribution in [0.2, 0.25) is 0 Å². The molecule has 0 radical (unpaired) electrons. The summed E-state index contributed by atoms with van der Waals surface area (Å²) in [6.45, 7) is 1.63. The molecule has 5 heteroatoms. The molecule has 0 bridgehead atoms. The summed E-state index contributed by atoms with van der Waals surface area (Å²) >= 11 is 1.33. The first-order chi connectivity index (χ1) is 11.3. The smallest absolute Gasteiger partial charge is 0.252 e. The Hall–Kier alpha value is -2.01. The monoisotopic (exact) mass is 328 g/mol. The van der Waals surface area contributed by atoms with E-state index in [1.54, 1.807) is 12.1 Å². The minimum absolute atomic E-state index is 0.102. The third-order valence-electron chi connectivity index (χ3n) is 4.02. The van der Waals surface area contributed by atoms with Crippen molar-refractivity contribution in [1.29, 1.82) is 0 Å². The van der Waals surface area contributed by atoms with Gasteiger partial charge in [0.15, 0.2) is 6.20 Å². The summed E-state index contributed by atoms with van der Waals surface area (Å²) in [7, 11) is 0. The minimum Gasteiger partial charge on any atom is -0.618 e. The first-order valence-electron chi connectivity index (χ1n) is 7.94. The van der Waals surface area contributed by atoms with E-state index in [0.717, 1.165) is 36.2 Å². The zero-order valence-corrected chi connectivity index (χ0v) is 13.7. The molecule has 1 amide bonds. The van der Waals surface area contributed by atoms with E-state index >= 15 is 0 Å². The largest absolute Gasteiger partial charge is 0.618 e. The number of nitrogens with zero attached hydrogens (tertiary/aromatic N) is 2. The van der Waals surface area contributed by atoms with Crippen molar-refractivity contribution in [1.82, 2.24) is 4.90 Å². The molecule has 1 atom stereocenters. The number of aromatic nitrogens is 1. The Bertz CT molecular complexity index is 657. The van der Waals surface area contributed by atoms with Gasteiger partial charge in [-0.05, 0) is 42.7 Å². The van der Waals surface area contributed by atoms with Crippen molar-refractivity contribution in [2.24, 2.45) is 0 Å². The van der Waals surface area contributed by atoms with Gasteiger partial charge in [-0.2, -0.15) is 4.73 Å². The Labute approximate surface area is 140 Å². The molecule has 1 aliphatic heterocycles. The average molecular weight is 328 g/mol. The predicted octanol–water partition coefficient (Wildman–Crippen LogP) is 3.17. The van der Waals surface area contributed by atoms with Gasteiger partial charge in [-0.25, -0.2) is 0 Å². The van der Waals surface area contributed by atoms with Gasteiger partial charge in [0.2, 0.25) is 5.91 Å². The molecule has 0 unspecified atom stereocenters. The summed E-state index contributed by atoms with van der Waals surface area (Å²) in [5, 5.41) is 12.1. The molecule has 2 aromatic rings. The van der Waals surface area contributed by atoms with Crippen molar-refractivity contribution in [3.05, 3.63) is 65.5 Å². The highest BCUT2D eigenvalue weighted by Crippen LogP contribution is 2.35. The molecule has 1 saturated heterocycles. The number of hydrogen-bond donors (Lipinski definition) is 0. The maximum atomic E-state index is 13.0. The van der Waals surface area contributed by atoms with E-state index in [0.29, 0.717) is 5.03 Å². The molecule has 1 aliphatic rings.